The lowest BCUT2D eigenvalue weighted by atomic mass is 9.86. The second-order valence-electron chi connectivity index (χ2n) is 7.33. The Hall–Kier alpha value is -1.69. The van der Waals surface area contributed by atoms with E-state index in [1.165, 1.54) is 0 Å². The zero-order valence-corrected chi connectivity index (χ0v) is 14.7. The topological polar surface area (TPSA) is 84.1 Å². The van der Waals surface area contributed by atoms with Gasteiger partial charge in [-0.2, -0.15) is 0 Å². The molecule has 1 saturated heterocycles. The molecule has 1 aromatic heterocycles. The summed E-state index contributed by atoms with van der Waals surface area (Å²) in [7, 11) is 0. The first-order chi connectivity index (χ1) is 10.8. The molecule has 1 aromatic rings. The molecule has 3 N–H and O–H groups in total. The molecular formula is C17H29N5O. The number of carbonyl (C=O) groups is 1. The minimum Gasteiger partial charge on any atom is -0.356 e. The fourth-order valence-electron chi connectivity index (χ4n) is 2.69. The van der Waals surface area contributed by atoms with Crippen molar-refractivity contribution in [1.82, 2.24) is 15.3 Å². The van der Waals surface area contributed by atoms with Gasteiger partial charge in [-0.05, 0) is 24.7 Å². The average Bonchev–Trinajstić information content (AvgIpc) is 2.54. The predicted molar refractivity (Wildman–Crippen MR) is 92.2 cm³/mol. The lowest BCUT2D eigenvalue weighted by molar-refractivity contribution is -0.125. The van der Waals surface area contributed by atoms with Gasteiger partial charge in [-0.1, -0.05) is 27.7 Å². The predicted octanol–water partition coefficient (Wildman–Crippen LogP) is 1.50. The Morgan fingerprint density at radius 2 is 2.04 bits per heavy atom. The number of amides is 1. The van der Waals surface area contributed by atoms with E-state index < -0.39 is 6.04 Å². The largest absolute Gasteiger partial charge is 0.356 e. The summed E-state index contributed by atoms with van der Waals surface area (Å²) in [5.41, 5.74) is 6.86. The number of rotatable bonds is 4. The lowest BCUT2D eigenvalue weighted by Gasteiger charge is -2.34. The van der Waals surface area contributed by atoms with Gasteiger partial charge < -0.3 is 16.0 Å². The maximum Gasteiger partial charge on any atom is 0.237 e. The van der Waals surface area contributed by atoms with E-state index >= 15 is 0 Å². The number of piperidine rings is 1. The molecule has 1 atom stereocenters. The summed E-state index contributed by atoms with van der Waals surface area (Å²) >= 11 is 0. The molecule has 128 valence electrons. The third-order valence-corrected chi connectivity index (χ3v) is 4.45. The van der Waals surface area contributed by atoms with Gasteiger partial charge in [0.2, 0.25) is 5.91 Å². The highest BCUT2D eigenvalue weighted by Crippen LogP contribution is 2.20. The van der Waals surface area contributed by atoms with Gasteiger partial charge in [0, 0.05) is 30.9 Å². The molecule has 0 radical (unpaired) electrons. The van der Waals surface area contributed by atoms with Crippen molar-refractivity contribution in [1.29, 1.82) is 0 Å². The van der Waals surface area contributed by atoms with Crippen molar-refractivity contribution < 1.29 is 4.79 Å². The van der Waals surface area contributed by atoms with Gasteiger partial charge in [0.15, 0.2) is 0 Å². The number of nitrogens with two attached hydrogens (primary N) is 1. The average molecular weight is 319 g/mol. The first-order valence-corrected chi connectivity index (χ1v) is 8.43. The minimum absolute atomic E-state index is 0.0498. The van der Waals surface area contributed by atoms with Crippen molar-refractivity contribution >= 4 is 11.7 Å². The standard InChI is InChI=1S/C17H29N5O/c1-5-12-10-14(20-11-19-12)22-8-6-13(7-9-22)21-16(23)15(18)17(2,3)4/h10-11,13,15H,5-9,18H2,1-4H3,(H,21,23)/t15-/m1/s1. The molecule has 0 aromatic carbocycles. The van der Waals surface area contributed by atoms with Crippen molar-refractivity contribution in [3.05, 3.63) is 18.1 Å². The monoisotopic (exact) mass is 319 g/mol. The van der Waals surface area contributed by atoms with Gasteiger partial charge >= 0.3 is 0 Å². The molecule has 0 spiro atoms. The van der Waals surface area contributed by atoms with Crippen molar-refractivity contribution in [2.24, 2.45) is 11.1 Å². The van der Waals surface area contributed by atoms with Crippen LogP contribution in [-0.2, 0) is 11.2 Å². The fraction of sp³-hybridized carbons (Fsp3) is 0.706. The summed E-state index contributed by atoms with van der Waals surface area (Å²) < 4.78 is 0. The number of hydrogen-bond donors (Lipinski definition) is 2. The van der Waals surface area contributed by atoms with Crippen LogP contribution in [0.2, 0.25) is 0 Å². The molecule has 0 aliphatic carbocycles. The molecule has 6 nitrogen and oxygen atoms in total. The van der Waals surface area contributed by atoms with E-state index in [-0.39, 0.29) is 17.4 Å². The summed E-state index contributed by atoms with van der Waals surface area (Å²) in [4.78, 5) is 23.1. The number of nitrogens with one attached hydrogen (secondary N) is 1. The van der Waals surface area contributed by atoms with E-state index in [1.807, 2.05) is 20.8 Å². The van der Waals surface area contributed by atoms with Crippen LogP contribution in [0.4, 0.5) is 5.82 Å². The number of aryl methyl sites for hydroxylation is 1. The highest BCUT2D eigenvalue weighted by molar-refractivity contribution is 5.82. The van der Waals surface area contributed by atoms with E-state index in [9.17, 15) is 4.79 Å². The van der Waals surface area contributed by atoms with E-state index in [4.69, 9.17) is 5.73 Å². The van der Waals surface area contributed by atoms with Gasteiger partial charge in [-0.3, -0.25) is 4.79 Å². The molecule has 1 aliphatic rings. The smallest absolute Gasteiger partial charge is 0.237 e. The van der Waals surface area contributed by atoms with Crippen LogP contribution in [0.25, 0.3) is 0 Å². The van der Waals surface area contributed by atoms with Gasteiger partial charge in [-0.25, -0.2) is 9.97 Å². The Balaban J connectivity index is 1.87. The third-order valence-electron chi connectivity index (χ3n) is 4.45. The van der Waals surface area contributed by atoms with Crippen molar-refractivity contribution in [2.75, 3.05) is 18.0 Å². The van der Waals surface area contributed by atoms with Crippen LogP contribution < -0.4 is 16.0 Å². The molecule has 1 aliphatic heterocycles. The van der Waals surface area contributed by atoms with Crippen LogP contribution in [-0.4, -0.2) is 41.0 Å². The van der Waals surface area contributed by atoms with E-state index in [1.54, 1.807) is 6.33 Å². The molecule has 2 heterocycles. The van der Waals surface area contributed by atoms with Crippen LogP contribution in [0.3, 0.4) is 0 Å². The Morgan fingerprint density at radius 3 is 2.61 bits per heavy atom. The van der Waals surface area contributed by atoms with Gasteiger partial charge in [-0.15, -0.1) is 0 Å². The number of aromatic nitrogens is 2. The van der Waals surface area contributed by atoms with Crippen LogP contribution in [0.5, 0.6) is 0 Å². The fourth-order valence-corrected chi connectivity index (χ4v) is 2.69. The highest BCUT2D eigenvalue weighted by Gasteiger charge is 2.30. The quantitative estimate of drug-likeness (QED) is 0.878. The summed E-state index contributed by atoms with van der Waals surface area (Å²) in [5.74, 6) is 0.930. The number of hydrogen-bond acceptors (Lipinski definition) is 5. The van der Waals surface area contributed by atoms with Gasteiger partial charge in [0.05, 0.1) is 6.04 Å². The van der Waals surface area contributed by atoms with Gasteiger partial charge in [0.1, 0.15) is 12.1 Å². The third kappa shape index (κ3) is 4.64. The number of carbonyl (C=O) groups excluding carboxylic acids is 1. The van der Waals surface area contributed by atoms with E-state index in [2.05, 4.69) is 33.2 Å². The minimum atomic E-state index is -0.477. The normalized spacial score (nSPS) is 17.9. The number of anilines is 1. The zero-order chi connectivity index (χ0) is 17.0. The molecular weight excluding hydrogens is 290 g/mol. The highest BCUT2D eigenvalue weighted by atomic mass is 16.2. The Kier molecular flexibility index (Phi) is 5.57. The Bertz CT molecular complexity index is 532. The van der Waals surface area contributed by atoms with Crippen LogP contribution in [0, 0.1) is 5.41 Å². The summed E-state index contributed by atoms with van der Waals surface area (Å²) in [5, 5.41) is 3.10. The molecule has 0 saturated carbocycles. The van der Waals surface area contributed by atoms with Crippen LogP contribution >= 0.6 is 0 Å². The second-order valence-corrected chi connectivity index (χ2v) is 7.33. The summed E-state index contributed by atoms with van der Waals surface area (Å²) in [6.45, 7) is 9.82. The maximum atomic E-state index is 12.2. The SMILES string of the molecule is CCc1cc(N2CCC(NC(=O)[C@@H](N)C(C)(C)C)CC2)ncn1. The van der Waals surface area contributed by atoms with E-state index in [0.717, 1.165) is 43.9 Å². The first-order valence-electron chi connectivity index (χ1n) is 8.43. The summed E-state index contributed by atoms with van der Waals surface area (Å²) in [6.07, 6.45) is 4.36. The molecule has 1 fully saturated rings. The van der Waals surface area contributed by atoms with Crippen molar-refractivity contribution in [3.8, 4) is 0 Å². The Morgan fingerprint density at radius 1 is 1.39 bits per heavy atom. The molecule has 2 rings (SSSR count). The van der Waals surface area contributed by atoms with Crippen LogP contribution in [0.15, 0.2) is 12.4 Å². The molecule has 23 heavy (non-hydrogen) atoms. The molecule has 0 bridgehead atoms. The Labute approximate surface area is 138 Å². The molecule has 0 unspecified atom stereocenters. The second kappa shape index (κ2) is 7.25. The molecule has 1 amide bonds. The summed E-state index contributed by atoms with van der Waals surface area (Å²) in [6, 6.07) is 1.77. The van der Waals surface area contributed by atoms with Crippen LogP contribution in [0.1, 0.15) is 46.2 Å². The zero-order valence-electron chi connectivity index (χ0n) is 14.7. The maximum absolute atomic E-state index is 12.2. The van der Waals surface area contributed by atoms with Crippen molar-refractivity contribution in [2.45, 2.75) is 59.0 Å². The van der Waals surface area contributed by atoms with Gasteiger partial charge in [0.25, 0.3) is 0 Å². The van der Waals surface area contributed by atoms with E-state index in [0.29, 0.717) is 0 Å². The molecule has 6 heteroatoms. The first kappa shape index (κ1) is 17.7. The number of nitrogens with zero attached hydrogens (tertiary/aromatic N) is 3. The van der Waals surface area contributed by atoms with Crippen molar-refractivity contribution in [3.63, 3.8) is 0 Å². The lowest BCUT2D eigenvalue weighted by Crippen LogP contribution is -2.53.